The number of hydrogen-bond acceptors (Lipinski definition) is 2. The van der Waals surface area contributed by atoms with Gasteiger partial charge in [0.15, 0.2) is 17.5 Å². The van der Waals surface area contributed by atoms with Crippen molar-refractivity contribution in [2.75, 3.05) is 11.5 Å². The molecule has 0 unspecified atom stereocenters. The molecule has 1 aromatic carbocycles. The van der Waals surface area contributed by atoms with Gasteiger partial charge in [-0.05, 0) is 6.42 Å². The molecule has 0 radical (unpaired) electrons. The Hall–Kier alpha value is -1.39. The lowest BCUT2D eigenvalue weighted by molar-refractivity contribution is 0.493. The Balaban J connectivity index is 3.56. The second-order valence-corrected chi connectivity index (χ2v) is 2.60. The molecule has 0 atom stereocenters. The maximum atomic E-state index is 13.0. The number of nitrogens with two attached hydrogens (primary N) is 2. The maximum Gasteiger partial charge on any atom is 0.185 e. The van der Waals surface area contributed by atoms with Gasteiger partial charge in [0.05, 0.1) is 5.69 Å². The molecule has 13 heavy (non-hydrogen) atoms. The van der Waals surface area contributed by atoms with E-state index in [1.165, 1.54) is 0 Å². The Morgan fingerprint density at radius 2 is 1.46 bits per heavy atom. The van der Waals surface area contributed by atoms with E-state index in [0.717, 1.165) is 0 Å². The summed E-state index contributed by atoms with van der Waals surface area (Å²) in [5.41, 5.74) is 8.68. The average molecular weight is 190 g/mol. The molecule has 2 nitrogen and oxygen atoms in total. The molecule has 0 amide bonds. The zero-order valence-corrected chi connectivity index (χ0v) is 7.00. The predicted molar refractivity (Wildman–Crippen MR) is 44.5 cm³/mol. The van der Waals surface area contributed by atoms with Gasteiger partial charge < -0.3 is 11.5 Å². The van der Waals surface area contributed by atoms with E-state index in [0.29, 0.717) is 0 Å². The Morgan fingerprint density at radius 3 is 1.92 bits per heavy atom. The molecule has 0 aromatic heterocycles. The Labute approximate surface area is 73.3 Å². The summed E-state index contributed by atoms with van der Waals surface area (Å²) in [6.45, 7) is 1.55. The minimum absolute atomic E-state index is 0.117. The van der Waals surface area contributed by atoms with E-state index in [9.17, 15) is 13.2 Å². The molecule has 0 bridgehead atoms. The lowest BCUT2D eigenvalue weighted by Gasteiger charge is -2.09. The highest BCUT2D eigenvalue weighted by Crippen LogP contribution is 2.28. The molecule has 0 spiro atoms. The summed E-state index contributed by atoms with van der Waals surface area (Å²) >= 11 is 0. The van der Waals surface area contributed by atoms with E-state index in [-0.39, 0.29) is 12.0 Å². The van der Waals surface area contributed by atoms with E-state index >= 15 is 0 Å². The molecular weight excluding hydrogens is 181 g/mol. The molecule has 0 aliphatic carbocycles. The Kier molecular flexibility index (Phi) is 2.36. The van der Waals surface area contributed by atoms with Crippen LogP contribution in [0, 0.1) is 17.5 Å². The van der Waals surface area contributed by atoms with E-state index in [1.807, 2.05) is 0 Å². The quantitative estimate of drug-likeness (QED) is 0.524. The van der Waals surface area contributed by atoms with Gasteiger partial charge in [0.25, 0.3) is 0 Å². The Bertz CT molecular complexity index is 321. The first kappa shape index (κ1) is 9.70. The molecule has 0 saturated heterocycles. The lowest BCUT2D eigenvalue weighted by atomic mass is 10.1. The number of hydrogen-bond donors (Lipinski definition) is 2. The predicted octanol–water partition coefficient (Wildman–Crippen LogP) is 1.83. The fourth-order valence-electron chi connectivity index (χ4n) is 1.09. The Morgan fingerprint density at radius 1 is 0.923 bits per heavy atom. The molecule has 0 fully saturated rings. The van der Waals surface area contributed by atoms with Crippen molar-refractivity contribution in [2.45, 2.75) is 13.3 Å². The van der Waals surface area contributed by atoms with Crippen LogP contribution >= 0.6 is 0 Å². The summed E-state index contributed by atoms with van der Waals surface area (Å²) in [7, 11) is 0. The van der Waals surface area contributed by atoms with E-state index < -0.39 is 28.8 Å². The molecule has 1 aromatic rings. The smallest absolute Gasteiger partial charge is 0.185 e. The van der Waals surface area contributed by atoms with Crippen LogP contribution in [0.1, 0.15) is 12.5 Å². The van der Waals surface area contributed by atoms with Crippen LogP contribution in [0.4, 0.5) is 24.5 Å². The van der Waals surface area contributed by atoms with Crippen LogP contribution in [0.2, 0.25) is 0 Å². The second-order valence-electron chi connectivity index (χ2n) is 2.60. The average Bonchev–Trinajstić information content (AvgIpc) is 2.13. The van der Waals surface area contributed by atoms with Gasteiger partial charge in [-0.15, -0.1) is 0 Å². The molecule has 0 aliphatic rings. The molecule has 0 aliphatic heterocycles. The van der Waals surface area contributed by atoms with Crippen LogP contribution in [-0.2, 0) is 6.42 Å². The SMILES string of the molecule is CCc1c(N)c(F)c(N)c(F)c1F. The monoisotopic (exact) mass is 190 g/mol. The van der Waals surface area contributed by atoms with Gasteiger partial charge in [0.2, 0.25) is 0 Å². The summed E-state index contributed by atoms with van der Waals surface area (Å²) < 4.78 is 38.8. The summed E-state index contributed by atoms with van der Waals surface area (Å²) in [6.07, 6.45) is 0.117. The summed E-state index contributed by atoms with van der Waals surface area (Å²) in [6, 6.07) is 0. The first-order valence-corrected chi connectivity index (χ1v) is 3.70. The number of benzene rings is 1. The minimum Gasteiger partial charge on any atom is -0.396 e. The van der Waals surface area contributed by atoms with Crippen molar-refractivity contribution >= 4 is 11.4 Å². The van der Waals surface area contributed by atoms with Crippen molar-refractivity contribution in [3.63, 3.8) is 0 Å². The van der Waals surface area contributed by atoms with Gasteiger partial charge in [0.1, 0.15) is 5.69 Å². The van der Waals surface area contributed by atoms with Crippen molar-refractivity contribution in [1.29, 1.82) is 0 Å². The van der Waals surface area contributed by atoms with Gasteiger partial charge in [-0.3, -0.25) is 0 Å². The summed E-state index contributed by atoms with van der Waals surface area (Å²) in [5.74, 6) is -3.63. The largest absolute Gasteiger partial charge is 0.396 e. The third-order valence-electron chi connectivity index (χ3n) is 1.85. The van der Waals surface area contributed by atoms with Crippen molar-refractivity contribution in [3.8, 4) is 0 Å². The molecular formula is C8H9F3N2. The van der Waals surface area contributed by atoms with E-state index in [2.05, 4.69) is 0 Å². The fraction of sp³-hybridized carbons (Fsp3) is 0.250. The van der Waals surface area contributed by atoms with Crippen molar-refractivity contribution in [3.05, 3.63) is 23.0 Å². The number of halogens is 3. The van der Waals surface area contributed by atoms with Crippen LogP contribution in [0.3, 0.4) is 0 Å². The van der Waals surface area contributed by atoms with Crippen molar-refractivity contribution < 1.29 is 13.2 Å². The zero-order valence-electron chi connectivity index (χ0n) is 7.00. The molecule has 5 heteroatoms. The molecule has 72 valence electrons. The normalized spacial score (nSPS) is 10.5. The zero-order chi connectivity index (χ0) is 10.2. The fourth-order valence-corrected chi connectivity index (χ4v) is 1.09. The number of nitrogen functional groups attached to an aromatic ring is 2. The van der Waals surface area contributed by atoms with Crippen molar-refractivity contribution in [2.24, 2.45) is 0 Å². The van der Waals surface area contributed by atoms with Crippen LogP contribution < -0.4 is 11.5 Å². The minimum atomic E-state index is -1.37. The van der Waals surface area contributed by atoms with Crippen molar-refractivity contribution in [1.82, 2.24) is 0 Å². The van der Waals surface area contributed by atoms with Crippen LogP contribution in [0.25, 0.3) is 0 Å². The van der Waals surface area contributed by atoms with Crippen LogP contribution in [0.15, 0.2) is 0 Å². The van der Waals surface area contributed by atoms with Gasteiger partial charge in [0, 0.05) is 5.56 Å². The van der Waals surface area contributed by atoms with E-state index in [1.54, 1.807) is 6.92 Å². The highest BCUT2D eigenvalue weighted by Gasteiger charge is 2.20. The van der Waals surface area contributed by atoms with Crippen LogP contribution in [0.5, 0.6) is 0 Å². The first-order valence-electron chi connectivity index (χ1n) is 3.70. The topological polar surface area (TPSA) is 52.0 Å². The maximum absolute atomic E-state index is 13.0. The van der Waals surface area contributed by atoms with Gasteiger partial charge in [-0.1, -0.05) is 6.92 Å². The second kappa shape index (κ2) is 3.16. The standard InChI is InChI=1S/C8H9F3N2/c1-2-3-4(9)5(10)8(13)6(11)7(3)12/h2,12-13H2,1H3. The third-order valence-corrected chi connectivity index (χ3v) is 1.85. The van der Waals surface area contributed by atoms with Gasteiger partial charge in [-0.2, -0.15) is 0 Å². The third kappa shape index (κ3) is 1.30. The number of rotatable bonds is 1. The van der Waals surface area contributed by atoms with Gasteiger partial charge >= 0.3 is 0 Å². The highest BCUT2D eigenvalue weighted by molar-refractivity contribution is 5.60. The van der Waals surface area contributed by atoms with Gasteiger partial charge in [-0.25, -0.2) is 13.2 Å². The molecule has 0 saturated carbocycles. The number of anilines is 2. The molecule has 4 N–H and O–H groups in total. The molecule has 0 heterocycles. The summed E-state index contributed by atoms with van der Waals surface area (Å²) in [4.78, 5) is 0. The first-order chi connectivity index (χ1) is 6.00. The summed E-state index contributed by atoms with van der Waals surface area (Å²) in [5, 5.41) is 0. The van der Waals surface area contributed by atoms with Crippen LogP contribution in [-0.4, -0.2) is 0 Å². The molecule has 1 rings (SSSR count). The lowest BCUT2D eigenvalue weighted by Crippen LogP contribution is -2.08. The highest BCUT2D eigenvalue weighted by atomic mass is 19.2. The van der Waals surface area contributed by atoms with E-state index in [4.69, 9.17) is 11.5 Å².